The lowest BCUT2D eigenvalue weighted by Crippen LogP contribution is -2.17. The highest BCUT2D eigenvalue weighted by Crippen LogP contribution is 2.29. The van der Waals surface area contributed by atoms with Crippen molar-refractivity contribution < 1.29 is 0 Å². The molecule has 5 heteroatoms. The van der Waals surface area contributed by atoms with E-state index in [9.17, 15) is 0 Å². The molecule has 0 aliphatic carbocycles. The Hall–Kier alpha value is -1.91. The smallest absolute Gasteiger partial charge is 0.0837 e. The zero-order valence-corrected chi connectivity index (χ0v) is 11.2. The van der Waals surface area contributed by atoms with Crippen LogP contribution in [0.3, 0.4) is 0 Å². The molecule has 1 aromatic carbocycles. The van der Waals surface area contributed by atoms with Crippen LogP contribution >= 0.6 is 11.6 Å². The molecule has 0 bridgehead atoms. The van der Waals surface area contributed by atoms with Crippen LogP contribution in [0.15, 0.2) is 42.7 Å². The second-order valence-electron chi connectivity index (χ2n) is 4.40. The molecule has 0 radical (unpaired) electrons. The second-order valence-corrected chi connectivity index (χ2v) is 4.80. The van der Waals surface area contributed by atoms with Crippen LogP contribution in [0.4, 0.5) is 0 Å². The lowest BCUT2D eigenvalue weighted by atomic mass is 10.0. The molecule has 0 aliphatic rings. The van der Waals surface area contributed by atoms with E-state index in [1.54, 1.807) is 17.1 Å². The van der Waals surface area contributed by atoms with Crippen LogP contribution in [-0.4, -0.2) is 14.8 Å². The van der Waals surface area contributed by atoms with Gasteiger partial charge in [0.05, 0.1) is 28.5 Å². The molecule has 0 fully saturated rings. The first-order chi connectivity index (χ1) is 9.18. The molecule has 2 heterocycles. The van der Waals surface area contributed by atoms with Crippen LogP contribution in [0.1, 0.15) is 17.3 Å². The molecule has 4 nitrogen and oxygen atoms in total. The van der Waals surface area contributed by atoms with Crippen molar-refractivity contribution in [2.75, 3.05) is 0 Å². The van der Waals surface area contributed by atoms with Gasteiger partial charge in [0.2, 0.25) is 0 Å². The Kier molecular flexibility index (Phi) is 2.97. The number of fused-ring (bicyclic) bond motifs is 1. The van der Waals surface area contributed by atoms with E-state index in [1.165, 1.54) is 0 Å². The first-order valence-corrected chi connectivity index (χ1v) is 6.33. The highest BCUT2D eigenvalue weighted by molar-refractivity contribution is 6.31. The average Bonchev–Trinajstić information content (AvgIpc) is 2.77. The predicted octanol–water partition coefficient (Wildman–Crippen LogP) is 2.67. The molecule has 2 N–H and O–H groups in total. The minimum absolute atomic E-state index is 0.326. The number of pyridine rings is 1. The second kappa shape index (κ2) is 4.64. The molecule has 3 rings (SSSR count). The van der Waals surface area contributed by atoms with Crippen molar-refractivity contribution in [1.82, 2.24) is 14.8 Å². The van der Waals surface area contributed by atoms with E-state index in [-0.39, 0.29) is 6.04 Å². The van der Waals surface area contributed by atoms with E-state index in [2.05, 4.69) is 10.1 Å². The number of hydrogen-bond donors (Lipinski definition) is 1. The minimum atomic E-state index is -0.326. The quantitative estimate of drug-likeness (QED) is 0.780. The maximum Gasteiger partial charge on any atom is 0.0837 e. The Bertz CT molecular complexity index is 710. The molecule has 0 aliphatic heterocycles. The molecular formula is C14H13ClN4. The zero-order valence-electron chi connectivity index (χ0n) is 10.4. The van der Waals surface area contributed by atoms with Gasteiger partial charge in [-0.05, 0) is 17.7 Å². The summed E-state index contributed by atoms with van der Waals surface area (Å²) in [5, 5.41) is 5.75. The number of nitrogens with two attached hydrogens (primary N) is 1. The van der Waals surface area contributed by atoms with Crippen LogP contribution in [0.5, 0.6) is 0 Å². The number of aryl methyl sites for hydroxylation is 1. The van der Waals surface area contributed by atoms with E-state index < -0.39 is 0 Å². The highest BCUT2D eigenvalue weighted by Gasteiger charge is 2.19. The van der Waals surface area contributed by atoms with Crippen LogP contribution in [0, 0.1) is 0 Å². The normalized spacial score (nSPS) is 12.8. The third kappa shape index (κ3) is 1.99. The van der Waals surface area contributed by atoms with Gasteiger partial charge >= 0.3 is 0 Å². The van der Waals surface area contributed by atoms with E-state index in [4.69, 9.17) is 17.3 Å². The van der Waals surface area contributed by atoms with Gasteiger partial charge in [0.1, 0.15) is 0 Å². The van der Waals surface area contributed by atoms with Crippen LogP contribution in [0.2, 0.25) is 5.02 Å². The highest BCUT2D eigenvalue weighted by atomic mass is 35.5. The number of benzene rings is 1. The molecule has 3 aromatic rings. The third-order valence-electron chi connectivity index (χ3n) is 3.25. The number of rotatable bonds is 2. The van der Waals surface area contributed by atoms with E-state index >= 15 is 0 Å². The van der Waals surface area contributed by atoms with Gasteiger partial charge < -0.3 is 5.73 Å². The number of hydrogen-bond acceptors (Lipinski definition) is 3. The van der Waals surface area contributed by atoms with Crippen molar-refractivity contribution in [1.29, 1.82) is 0 Å². The minimum Gasteiger partial charge on any atom is -0.319 e. The van der Waals surface area contributed by atoms with Crippen molar-refractivity contribution in [2.45, 2.75) is 6.04 Å². The molecule has 0 spiro atoms. The SMILES string of the molecule is Cn1ncc(Cl)c1C(N)c1ccnc2ccccc12. The summed E-state index contributed by atoms with van der Waals surface area (Å²) >= 11 is 6.16. The Morgan fingerprint density at radius 3 is 2.79 bits per heavy atom. The van der Waals surface area contributed by atoms with Gasteiger partial charge in [0.15, 0.2) is 0 Å². The fourth-order valence-corrected chi connectivity index (χ4v) is 2.59. The molecule has 2 aromatic heterocycles. The lowest BCUT2D eigenvalue weighted by molar-refractivity contribution is 0.675. The van der Waals surface area contributed by atoms with Gasteiger partial charge in [0.25, 0.3) is 0 Å². The monoisotopic (exact) mass is 272 g/mol. The molecule has 0 saturated carbocycles. The average molecular weight is 273 g/mol. The molecule has 1 atom stereocenters. The van der Waals surface area contributed by atoms with E-state index in [0.29, 0.717) is 5.02 Å². The fourth-order valence-electron chi connectivity index (χ4n) is 2.31. The number of para-hydroxylation sites is 1. The summed E-state index contributed by atoms with van der Waals surface area (Å²) < 4.78 is 1.71. The molecule has 19 heavy (non-hydrogen) atoms. The number of aromatic nitrogens is 3. The number of halogens is 1. The molecule has 0 amide bonds. The van der Waals surface area contributed by atoms with Crippen molar-refractivity contribution in [2.24, 2.45) is 12.8 Å². The van der Waals surface area contributed by atoms with E-state index in [1.807, 2.05) is 37.4 Å². The van der Waals surface area contributed by atoms with Crippen molar-refractivity contribution in [3.05, 3.63) is 59.0 Å². The summed E-state index contributed by atoms with van der Waals surface area (Å²) in [4.78, 5) is 4.34. The standard InChI is InChI=1S/C14H13ClN4/c1-19-14(11(15)8-18-19)13(16)10-6-7-17-12-5-3-2-4-9(10)12/h2-8,13H,16H2,1H3. The maximum absolute atomic E-state index is 6.36. The van der Waals surface area contributed by atoms with E-state index in [0.717, 1.165) is 22.2 Å². The Morgan fingerprint density at radius 2 is 2.05 bits per heavy atom. The van der Waals surface area contributed by atoms with Gasteiger partial charge in [-0.15, -0.1) is 0 Å². The van der Waals surface area contributed by atoms with Gasteiger partial charge in [-0.25, -0.2) is 0 Å². The van der Waals surface area contributed by atoms with Crippen molar-refractivity contribution in [3.63, 3.8) is 0 Å². The summed E-state index contributed by atoms with van der Waals surface area (Å²) in [5.74, 6) is 0. The Morgan fingerprint density at radius 1 is 1.26 bits per heavy atom. The topological polar surface area (TPSA) is 56.7 Å². The molecule has 96 valence electrons. The first kappa shape index (κ1) is 12.1. The largest absolute Gasteiger partial charge is 0.319 e. The van der Waals surface area contributed by atoms with Crippen LogP contribution < -0.4 is 5.73 Å². The Labute approximate surface area is 115 Å². The van der Waals surface area contributed by atoms with Crippen molar-refractivity contribution in [3.8, 4) is 0 Å². The summed E-state index contributed by atoms with van der Waals surface area (Å²) in [6, 6.07) is 9.52. The van der Waals surface area contributed by atoms with Gasteiger partial charge in [-0.3, -0.25) is 9.67 Å². The maximum atomic E-state index is 6.36. The summed E-state index contributed by atoms with van der Waals surface area (Å²) in [6.45, 7) is 0. The molecule has 1 unspecified atom stereocenters. The first-order valence-electron chi connectivity index (χ1n) is 5.95. The Balaban J connectivity index is 2.20. The summed E-state index contributed by atoms with van der Waals surface area (Å²) in [5.41, 5.74) is 9.08. The number of nitrogens with zero attached hydrogens (tertiary/aromatic N) is 3. The molecular weight excluding hydrogens is 260 g/mol. The lowest BCUT2D eigenvalue weighted by Gasteiger charge is -2.15. The molecule has 0 saturated heterocycles. The zero-order chi connectivity index (χ0) is 13.4. The fraction of sp³-hybridized carbons (Fsp3) is 0.143. The third-order valence-corrected chi connectivity index (χ3v) is 3.54. The van der Waals surface area contributed by atoms with Crippen LogP contribution in [0.25, 0.3) is 10.9 Å². The van der Waals surface area contributed by atoms with Gasteiger partial charge in [0, 0.05) is 18.6 Å². The summed E-state index contributed by atoms with van der Waals surface area (Å²) in [6.07, 6.45) is 3.38. The van der Waals surface area contributed by atoms with Crippen molar-refractivity contribution >= 4 is 22.5 Å². The summed E-state index contributed by atoms with van der Waals surface area (Å²) in [7, 11) is 1.84. The van der Waals surface area contributed by atoms with Gasteiger partial charge in [-0.1, -0.05) is 29.8 Å². The predicted molar refractivity (Wildman–Crippen MR) is 76.0 cm³/mol. The van der Waals surface area contributed by atoms with Gasteiger partial charge in [-0.2, -0.15) is 5.10 Å². The van der Waals surface area contributed by atoms with Crippen LogP contribution in [-0.2, 0) is 7.05 Å².